The molecule has 0 bridgehead atoms. The number of nitrogens with two attached hydrogens (primary N) is 1. The standard InChI is InChI=1S/C13H21BrN2O/c14-13-8-7-12(17-13)11(9-15)16-10-5-3-1-2-4-6-10/h7-8,10-11,16H,1-6,9,15H2. The summed E-state index contributed by atoms with van der Waals surface area (Å²) >= 11 is 3.33. The lowest BCUT2D eigenvalue weighted by molar-refractivity contribution is 0.350. The van der Waals surface area contributed by atoms with Gasteiger partial charge in [0.2, 0.25) is 0 Å². The van der Waals surface area contributed by atoms with Gasteiger partial charge in [0, 0.05) is 12.6 Å². The van der Waals surface area contributed by atoms with Gasteiger partial charge in [-0.2, -0.15) is 0 Å². The summed E-state index contributed by atoms with van der Waals surface area (Å²) < 4.78 is 6.36. The summed E-state index contributed by atoms with van der Waals surface area (Å²) in [7, 11) is 0. The molecule has 0 amide bonds. The molecule has 4 heteroatoms. The van der Waals surface area contributed by atoms with Crippen molar-refractivity contribution < 1.29 is 4.42 Å². The summed E-state index contributed by atoms with van der Waals surface area (Å²) in [5, 5.41) is 3.64. The van der Waals surface area contributed by atoms with Crippen molar-refractivity contribution in [1.29, 1.82) is 0 Å². The van der Waals surface area contributed by atoms with Crippen LogP contribution in [0.4, 0.5) is 0 Å². The summed E-state index contributed by atoms with van der Waals surface area (Å²) in [6.07, 6.45) is 7.93. The Morgan fingerprint density at radius 1 is 1.29 bits per heavy atom. The van der Waals surface area contributed by atoms with Crippen LogP contribution in [0.25, 0.3) is 0 Å². The lowest BCUT2D eigenvalue weighted by atomic mass is 10.1. The van der Waals surface area contributed by atoms with Crippen LogP contribution < -0.4 is 11.1 Å². The van der Waals surface area contributed by atoms with Crippen LogP contribution in [-0.2, 0) is 0 Å². The topological polar surface area (TPSA) is 51.2 Å². The third-order valence-electron chi connectivity index (χ3n) is 3.47. The number of halogens is 1. The van der Waals surface area contributed by atoms with E-state index in [0.717, 1.165) is 10.4 Å². The molecule has 0 aromatic carbocycles. The first-order valence-corrected chi connectivity index (χ1v) is 7.30. The third-order valence-corrected chi connectivity index (χ3v) is 3.89. The molecule has 3 N–H and O–H groups in total. The SMILES string of the molecule is NCC(NC1CCCCCC1)c1ccc(Br)o1. The van der Waals surface area contributed by atoms with Crippen LogP contribution in [0, 0.1) is 0 Å². The molecule has 0 saturated heterocycles. The van der Waals surface area contributed by atoms with Crippen molar-refractivity contribution >= 4 is 15.9 Å². The van der Waals surface area contributed by atoms with Crippen LogP contribution in [0.2, 0.25) is 0 Å². The highest BCUT2D eigenvalue weighted by Crippen LogP contribution is 2.23. The molecule has 2 rings (SSSR count). The lowest BCUT2D eigenvalue weighted by Crippen LogP contribution is -2.36. The molecular weight excluding hydrogens is 280 g/mol. The molecule has 0 aliphatic heterocycles. The van der Waals surface area contributed by atoms with Crippen molar-refractivity contribution in [1.82, 2.24) is 5.32 Å². The van der Waals surface area contributed by atoms with Gasteiger partial charge in [0.25, 0.3) is 0 Å². The van der Waals surface area contributed by atoms with E-state index < -0.39 is 0 Å². The Morgan fingerprint density at radius 2 is 2.00 bits per heavy atom. The minimum atomic E-state index is 0.143. The highest BCUT2D eigenvalue weighted by Gasteiger charge is 2.19. The predicted octanol–water partition coefficient (Wildman–Crippen LogP) is 3.35. The number of furan rings is 1. The average molecular weight is 301 g/mol. The van der Waals surface area contributed by atoms with E-state index >= 15 is 0 Å². The fourth-order valence-electron chi connectivity index (χ4n) is 2.51. The van der Waals surface area contributed by atoms with Gasteiger partial charge in [-0.1, -0.05) is 25.7 Å². The van der Waals surface area contributed by atoms with Gasteiger partial charge in [-0.25, -0.2) is 0 Å². The van der Waals surface area contributed by atoms with Gasteiger partial charge in [-0.05, 0) is 40.9 Å². The summed E-state index contributed by atoms with van der Waals surface area (Å²) in [4.78, 5) is 0. The van der Waals surface area contributed by atoms with E-state index in [-0.39, 0.29) is 6.04 Å². The zero-order chi connectivity index (χ0) is 12.1. The van der Waals surface area contributed by atoms with E-state index in [4.69, 9.17) is 10.2 Å². The van der Waals surface area contributed by atoms with Gasteiger partial charge >= 0.3 is 0 Å². The Balaban J connectivity index is 1.94. The van der Waals surface area contributed by atoms with Gasteiger partial charge in [-0.15, -0.1) is 0 Å². The molecule has 1 heterocycles. The normalized spacial score (nSPS) is 20.1. The number of rotatable bonds is 4. The maximum Gasteiger partial charge on any atom is 0.169 e. The Morgan fingerprint density at radius 3 is 2.53 bits per heavy atom. The van der Waals surface area contributed by atoms with Crippen molar-refractivity contribution in [3.05, 3.63) is 22.6 Å². The van der Waals surface area contributed by atoms with Crippen LogP contribution in [-0.4, -0.2) is 12.6 Å². The molecular formula is C13H21BrN2O. The lowest BCUT2D eigenvalue weighted by Gasteiger charge is -2.22. The molecule has 1 fully saturated rings. The zero-order valence-electron chi connectivity index (χ0n) is 10.1. The Labute approximate surface area is 111 Å². The highest BCUT2D eigenvalue weighted by atomic mass is 79.9. The van der Waals surface area contributed by atoms with Gasteiger partial charge < -0.3 is 15.5 Å². The van der Waals surface area contributed by atoms with E-state index in [0.29, 0.717) is 12.6 Å². The van der Waals surface area contributed by atoms with Gasteiger partial charge in [-0.3, -0.25) is 0 Å². The molecule has 1 aliphatic rings. The van der Waals surface area contributed by atoms with E-state index in [1.807, 2.05) is 12.1 Å². The highest BCUT2D eigenvalue weighted by molar-refractivity contribution is 9.10. The zero-order valence-corrected chi connectivity index (χ0v) is 11.7. The van der Waals surface area contributed by atoms with Crippen molar-refractivity contribution in [3.8, 4) is 0 Å². The van der Waals surface area contributed by atoms with Gasteiger partial charge in [0.1, 0.15) is 5.76 Å². The Hall–Kier alpha value is -0.320. The van der Waals surface area contributed by atoms with Crippen molar-refractivity contribution in [2.45, 2.75) is 50.6 Å². The van der Waals surface area contributed by atoms with Crippen molar-refractivity contribution in [3.63, 3.8) is 0 Å². The first-order chi connectivity index (χ1) is 8.29. The van der Waals surface area contributed by atoms with Gasteiger partial charge in [0.05, 0.1) is 6.04 Å². The fourth-order valence-corrected chi connectivity index (χ4v) is 2.83. The fraction of sp³-hybridized carbons (Fsp3) is 0.692. The molecule has 1 aromatic rings. The minimum absolute atomic E-state index is 0.143. The third kappa shape index (κ3) is 3.83. The molecule has 17 heavy (non-hydrogen) atoms. The van der Waals surface area contributed by atoms with Crippen LogP contribution in [0.15, 0.2) is 21.2 Å². The quantitative estimate of drug-likeness (QED) is 0.839. The first-order valence-electron chi connectivity index (χ1n) is 6.51. The van der Waals surface area contributed by atoms with E-state index in [1.54, 1.807) is 0 Å². The minimum Gasteiger partial charge on any atom is -0.453 e. The van der Waals surface area contributed by atoms with Crippen LogP contribution >= 0.6 is 15.9 Å². The number of hydrogen-bond acceptors (Lipinski definition) is 3. The largest absolute Gasteiger partial charge is 0.453 e. The molecule has 3 nitrogen and oxygen atoms in total. The summed E-state index contributed by atoms with van der Waals surface area (Å²) in [6, 6.07) is 4.65. The van der Waals surface area contributed by atoms with Crippen LogP contribution in [0.5, 0.6) is 0 Å². The number of hydrogen-bond donors (Lipinski definition) is 2. The Kier molecular flexibility index (Phi) is 5.07. The first kappa shape index (κ1) is 13.1. The monoisotopic (exact) mass is 300 g/mol. The smallest absolute Gasteiger partial charge is 0.169 e. The summed E-state index contributed by atoms with van der Waals surface area (Å²) in [5.74, 6) is 0.934. The summed E-state index contributed by atoms with van der Waals surface area (Å²) in [5.41, 5.74) is 5.83. The molecule has 0 spiro atoms. The molecule has 1 unspecified atom stereocenters. The molecule has 96 valence electrons. The average Bonchev–Trinajstić information content (AvgIpc) is 2.62. The Bertz CT molecular complexity index is 332. The maximum absolute atomic E-state index is 5.83. The molecule has 1 aliphatic carbocycles. The molecule has 0 radical (unpaired) electrons. The second-order valence-electron chi connectivity index (χ2n) is 4.79. The second kappa shape index (κ2) is 6.57. The summed E-state index contributed by atoms with van der Waals surface area (Å²) in [6.45, 7) is 0.580. The van der Waals surface area contributed by atoms with E-state index in [1.165, 1.54) is 38.5 Å². The van der Waals surface area contributed by atoms with E-state index in [2.05, 4.69) is 21.2 Å². The van der Waals surface area contributed by atoms with Crippen LogP contribution in [0.3, 0.4) is 0 Å². The molecule has 1 aromatic heterocycles. The second-order valence-corrected chi connectivity index (χ2v) is 5.57. The van der Waals surface area contributed by atoms with Crippen molar-refractivity contribution in [2.24, 2.45) is 5.73 Å². The van der Waals surface area contributed by atoms with Crippen LogP contribution in [0.1, 0.15) is 50.3 Å². The van der Waals surface area contributed by atoms with Gasteiger partial charge in [0.15, 0.2) is 4.67 Å². The predicted molar refractivity (Wildman–Crippen MR) is 72.8 cm³/mol. The van der Waals surface area contributed by atoms with Crippen molar-refractivity contribution in [2.75, 3.05) is 6.54 Å². The number of nitrogens with one attached hydrogen (secondary N) is 1. The molecule has 1 atom stereocenters. The maximum atomic E-state index is 5.83. The molecule has 1 saturated carbocycles. The van der Waals surface area contributed by atoms with E-state index in [9.17, 15) is 0 Å².